The van der Waals surface area contributed by atoms with Crippen LogP contribution in [-0.4, -0.2) is 22.8 Å². The third kappa shape index (κ3) is 1.65. The van der Waals surface area contributed by atoms with Crippen molar-refractivity contribution in [1.29, 1.82) is 0 Å². The zero-order valence-electron chi connectivity index (χ0n) is 10.3. The van der Waals surface area contributed by atoms with Crippen molar-refractivity contribution in [2.75, 3.05) is 0 Å². The molecular weight excluding hydrogens is 226 g/mol. The van der Waals surface area contributed by atoms with Gasteiger partial charge in [0, 0.05) is 6.04 Å². The molecule has 3 nitrogen and oxygen atoms in total. The molecule has 0 saturated heterocycles. The minimum absolute atomic E-state index is 0.0652. The summed E-state index contributed by atoms with van der Waals surface area (Å²) in [6.07, 6.45) is 3.77. The molecule has 18 heavy (non-hydrogen) atoms. The zero-order chi connectivity index (χ0) is 12.7. The second-order valence-electron chi connectivity index (χ2n) is 5.20. The van der Waals surface area contributed by atoms with Crippen LogP contribution < -0.4 is 0 Å². The summed E-state index contributed by atoms with van der Waals surface area (Å²) >= 11 is 0. The fraction of sp³-hybridized carbons (Fsp3) is 0.400. The second kappa shape index (κ2) is 4.23. The Bertz CT molecular complexity index is 466. The summed E-state index contributed by atoms with van der Waals surface area (Å²) in [6.45, 7) is 4.05. The highest BCUT2D eigenvalue weighted by Crippen LogP contribution is 2.32. The Labute approximate surface area is 107 Å². The second-order valence-corrected chi connectivity index (χ2v) is 5.20. The molecule has 0 N–H and O–H groups in total. The normalized spacial score (nSPS) is 27.5. The first kappa shape index (κ1) is 11.5. The molecule has 3 heteroatoms. The number of carbonyl (C=O) groups excluding carboxylic acids is 2. The van der Waals surface area contributed by atoms with E-state index in [0.717, 1.165) is 25.7 Å². The Morgan fingerprint density at radius 2 is 1.44 bits per heavy atom. The SMILES string of the molecule is [CH2][C@H]1CC[C@H](N2C(=O)c3ccccc3C2=O)CC1. The summed E-state index contributed by atoms with van der Waals surface area (Å²) < 4.78 is 0. The third-order valence-electron chi connectivity index (χ3n) is 4.01. The van der Waals surface area contributed by atoms with Crippen molar-refractivity contribution in [3.05, 3.63) is 42.3 Å². The molecule has 1 aromatic rings. The van der Waals surface area contributed by atoms with E-state index in [1.807, 2.05) is 0 Å². The molecule has 0 unspecified atom stereocenters. The van der Waals surface area contributed by atoms with Crippen LogP contribution in [0.4, 0.5) is 0 Å². The highest BCUT2D eigenvalue weighted by Gasteiger charge is 2.40. The standard InChI is InChI=1S/C15H16NO2/c1-10-6-8-11(9-7-10)16-14(17)12-4-2-3-5-13(12)15(16)18/h2-5,10-11H,1,6-9H2/t10-,11-. The molecule has 3 rings (SSSR count). The molecule has 2 aliphatic rings. The third-order valence-corrected chi connectivity index (χ3v) is 4.01. The predicted molar refractivity (Wildman–Crippen MR) is 68.0 cm³/mol. The summed E-state index contributed by atoms with van der Waals surface area (Å²) in [4.78, 5) is 26.0. The largest absolute Gasteiger partial charge is 0.271 e. The van der Waals surface area contributed by atoms with E-state index in [-0.39, 0.29) is 17.9 Å². The number of rotatable bonds is 1. The average molecular weight is 242 g/mol. The molecule has 1 aromatic carbocycles. The fourth-order valence-corrected chi connectivity index (χ4v) is 2.94. The van der Waals surface area contributed by atoms with Crippen LogP contribution in [0.15, 0.2) is 24.3 Å². The summed E-state index contributed by atoms with van der Waals surface area (Å²) in [7, 11) is 0. The smallest absolute Gasteiger partial charge is 0.261 e. The number of amides is 2. The first-order chi connectivity index (χ1) is 8.68. The summed E-state index contributed by atoms with van der Waals surface area (Å²) in [5, 5.41) is 0. The molecule has 1 radical (unpaired) electrons. The lowest BCUT2D eigenvalue weighted by Crippen LogP contribution is -2.41. The molecule has 1 fully saturated rings. The molecule has 0 aromatic heterocycles. The van der Waals surface area contributed by atoms with E-state index in [2.05, 4.69) is 6.92 Å². The van der Waals surface area contributed by atoms with Crippen LogP contribution in [-0.2, 0) is 0 Å². The molecule has 0 atom stereocenters. The van der Waals surface area contributed by atoms with Crippen LogP contribution in [0, 0.1) is 12.8 Å². The fourth-order valence-electron chi connectivity index (χ4n) is 2.94. The number of benzene rings is 1. The van der Waals surface area contributed by atoms with Crippen LogP contribution in [0.2, 0.25) is 0 Å². The van der Waals surface area contributed by atoms with Crippen LogP contribution in [0.25, 0.3) is 0 Å². The highest BCUT2D eigenvalue weighted by atomic mass is 16.2. The molecule has 1 saturated carbocycles. The Morgan fingerprint density at radius 3 is 1.94 bits per heavy atom. The lowest BCUT2D eigenvalue weighted by molar-refractivity contribution is 0.0537. The number of hydrogen-bond donors (Lipinski definition) is 0. The maximum Gasteiger partial charge on any atom is 0.261 e. The molecule has 1 aliphatic heterocycles. The van der Waals surface area contributed by atoms with Crippen LogP contribution in [0.1, 0.15) is 46.4 Å². The van der Waals surface area contributed by atoms with Gasteiger partial charge >= 0.3 is 0 Å². The van der Waals surface area contributed by atoms with Gasteiger partial charge < -0.3 is 0 Å². The van der Waals surface area contributed by atoms with Gasteiger partial charge in [-0.05, 0) is 43.7 Å². The minimum atomic E-state index is -0.122. The van der Waals surface area contributed by atoms with Crippen molar-refractivity contribution >= 4 is 11.8 Å². The van der Waals surface area contributed by atoms with Gasteiger partial charge in [-0.1, -0.05) is 19.1 Å². The average Bonchev–Trinajstić information content (AvgIpc) is 2.64. The molecule has 93 valence electrons. The first-order valence-electron chi connectivity index (χ1n) is 6.48. The first-order valence-corrected chi connectivity index (χ1v) is 6.48. The van der Waals surface area contributed by atoms with E-state index in [4.69, 9.17) is 0 Å². The number of fused-ring (bicyclic) bond motifs is 1. The van der Waals surface area contributed by atoms with Gasteiger partial charge in [0.2, 0.25) is 0 Å². The van der Waals surface area contributed by atoms with Crippen molar-refractivity contribution in [3.63, 3.8) is 0 Å². The van der Waals surface area contributed by atoms with Gasteiger partial charge in [0.05, 0.1) is 11.1 Å². The maximum absolute atomic E-state index is 12.3. The van der Waals surface area contributed by atoms with E-state index >= 15 is 0 Å². The highest BCUT2D eigenvalue weighted by molar-refractivity contribution is 6.21. The topological polar surface area (TPSA) is 37.4 Å². The lowest BCUT2D eigenvalue weighted by Gasteiger charge is -2.32. The van der Waals surface area contributed by atoms with E-state index in [1.54, 1.807) is 24.3 Å². The monoisotopic (exact) mass is 242 g/mol. The van der Waals surface area contributed by atoms with Crippen LogP contribution in [0.5, 0.6) is 0 Å². The Morgan fingerprint density at radius 1 is 0.944 bits per heavy atom. The molecule has 1 heterocycles. The summed E-state index contributed by atoms with van der Waals surface area (Å²) in [6, 6.07) is 7.15. The van der Waals surface area contributed by atoms with Crippen molar-refractivity contribution in [2.24, 2.45) is 5.92 Å². The molecule has 0 bridgehead atoms. The van der Waals surface area contributed by atoms with E-state index < -0.39 is 0 Å². The molecule has 1 aliphatic carbocycles. The zero-order valence-corrected chi connectivity index (χ0v) is 10.3. The van der Waals surface area contributed by atoms with Gasteiger partial charge in [-0.25, -0.2) is 0 Å². The minimum Gasteiger partial charge on any atom is -0.271 e. The quantitative estimate of drug-likeness (QED) is 0.710. The summed E-state index contributed by atoms with van der Waals surface area (Å²) in [5.41, 5.74) is 1.11. The van der Waals surface area contributed by atoms with Crippen molar-refractivity contribution < 1.29 is 9.59 Å². The van der Waals surface area contributed by atoms with Gasteiger partial charge in [-0.2, -0.15) is 0 Å². The number of nitrogens with zero attached hydrogens (tertiary/aromatic N) is 1. The predicted octanol–water partition coefficient (Wildman–Crippen LogP) is 2.68. The summed E-state index contributed by atoms with van der Waals surface area (Å²) in [5.74, 6) is 0.225. The number of imide groups is 1. The van der Waals surface area contributed by atoms with Gasteiger partial charge in [0.25, 0.3) is 11.8 Å². The van der Waals surface area contributed by atoms with Gasteiger partial charge in [0.1, 0.15) is 0 Å². The van der Waals surface area contributed by atoms with Gasteiger partial charge in [-0.3, -0.25) is 14.5 Å². The van der Waals surface area contributed by atoms with Crippen molar-refractivity contribution in [3.8, 4) is 0 Å². The van der Waals surface area contributed by atoms with E-state index in [9.17, 15) is 9.59 Å². The molecular formula is C15H16NO2. The van der Waals surface area contributed by atoms with E-state index in [0.29, 0.717) is 17.0 Å². The maximum atomic E-state index is 12.3. The Hall–Kier alpha value is -1.64. The van der Waals surface area contributed by atoms with Crippen molar-refractivity contribution in [2.45, 2.75) is 31.7 Å². The van der Waals surface area contributed by atoms with Crippen molar-refractivity contribution in [1.82, 2.24) is 4.90 Å². The van der Waals surface area contributed by atoms with E-state index in [1.165, 1.54) is 4.90 Å². The Kier molecular flexibility index (Phi) is 2.69. The van der Waals surface area contributed by atoms with Crippen LogP contribution in [0.3, 0.4) is 0 Å². The molecule has 0 spiro atoms. The van der Waals surface area contributed by atoms with Gasteiger partial charge in [-0.15, -0.1) is 0 Å². The lowest BCUT2D eigenvalue weighted by atomic mass is 9.86. The number of hydrogen-bond acceptors (Lipinski definition) is 2. The number of carbonyl (C=O) groups is 2. The van der Waals surface area contributed by atoms with Crippen LogP contribution >= 0.6 is 0 Å². The van der Waals surface area contributed by atoms with Gasteiger partial charge in [0.15, 0.2) is 0 Å². The Balaban J connectivity index is 1.88. The molecule has 2 amide bonds.